The maximum atomic E-state index is 12.0. The van der Waals surface area contributed by atoms with Gasteiger partial charge in [0.2, 0.25) is 5.91 Å². The molecule has 0 spiro atoms. The van der Waals surface area contributed by atoms with E-state index in [0.29, 0.717) is 25.2 Å². The molecule has 21 heavy (non-hydrogen) atoms. The van der Waals surface area contributed by atoms with Crippen molar-refractivity contribution in [2.45, 2.75) is 76.9 Å². The van der Waals surface area contributed by atoms with E-state index in [2.05, 4.69) is 17.6 Å². The highest BCUT2D eigenvalue weighted by Crippen LogP contribution is 2.27. The molecule has 0 radical (unpaired) electrons. The summed E-state index contributed by atoms with van der Waals surface area (Å²) in [4.78, 5) is 12.0. The maximum Gasteiger partial charge on any atom is 0.222 e. The smallest absolute Gasteiger partial charge is 0.222 e. The Hall–Kier alpha value is -0.610. The van der Waals surface area contributed by atoms with Crippen molar-refractivity contribution in [3.05, 3.63) is 0 Å². The van der Waals surface area contributed by atoms with Gasteiger partial charge < -0.3 is 15.4 Å². The Bertz CT molecular complexity index is 295. The van der Waals surface area contributed by atoms with Crippen molar-refractivity contribution >= 4 is 5.91 Å². The van der Waals surface area contributed by atoms with Crippen LogP contribution < -0.4 is 10.6 Å². The number of ether oxygens (including phenoxy) is 1. The summed E-state index contributed by atoms with van der Waals surface area (Å²) in [6, 6.07) is 0.407. The molecule has 1 amide bonds. The average molecular weight is 296 g/mol. The number of piperidine rings is 1. The fourth-order valence-electron chi connectivity index (χ4n) is 3.58. The minimum absolute atomic E-state index is 0.169. The van der Waals surface area contributed by atoms with E-state index in [9.17, 15) is 4.79 Å². The summed E-state index contributed by atoms with van der Waals surface area (Å²) >= 11 is 0. The number of hydrogen-bond donors (Lipinski definition) is 2. The van der Waals surface area contributed by atoms with Gasteiger partial charge in [0, 0.05) is 12.5 Å². The Morgan fingerprint density at radius 2 is 1.86 bits per heavy atom. The highest BCUT2D eigenvalue weighted by atomic mass is 16.5. The lowest BCUT2D eigenvalue weighted by atomic mass is 9.83. The number of carbonyl (C=O) groups excluding carboxylic acids is 1. The molecule has 1 aliphatic carbocycles. The van der Waals surface area contributed by atoms with Crippen molar-refractivity contribution in [2.75, 3.05) is 19.7 Å². The van der Waals surface area contributed by atoms with Crippen molar-refractivity contribution in [3.8, 4) is 0 Å². The van der Waals surface area contributed by atoms with E-state index in [0.717, 1.165) is 44.7 Å². The van der Waals surface area contributed by atoms with Gasteiger partial charge in [-0.25, -0.2) is 0 Å². The predicted octanol–water partition coefficient (Wildman–Crippen LogP) is 2.62. The molecule has 0 atom stereocenters. The van der Waals surface area contributed by atoms with Crippen LogP contribution in [-0.2, 0) is 9.53 Å². The van der Waals surface area contributed by atoms with Gasteiger partial charge in [-0.2, -0.15) is 0 Å². The fourth-order valence-corrected chi connectivity index (χ4v) is 3.58. The summed E-state index contributed by atoms with van der Waals surface area (Å²) < 4.78 is 5.79. The second kappa shape index (κ2) is 9.42. The molecule has 4 nitrogen and oxygen atoms in total. The standard InChI is InChI=1S/C17H32N2O2/c1-2-3-14-4-6-15(7-5-14)19-17(20)10-13-21-16-8-11-18-12-9-16/h14-16,18H,2-13H2,1H3,(H,19,20). The zero-order valence-corrected chi connectivity index (χ0v) is 13.5. The molecular weight excluding hydrogens is 264 g/mol. The molecule has 1 aliphatic heterocycles. The van der Waals surface area contributed by atoms with Gasteiger partial charge in [0.25, 0.3) is 0 Å². The largest absolute Gasteiger partial charge is 0.378 e. The van der Waals surface area contributed by atoms with Gasteiger partial charge in [0.15, 0.2) is 0 Å². The highest BCUT2D eigenvalue weighted by Gasteiger charge is 2.21. The van der Waals surface area contributed by atoms with Gasteiger partial charge in [-0.3, -0.25) is 4.79 Å². The third kappa shape index (κ3) is 6.35. The topological polar surface area (TPSA) is 50.4 Å². The van der Waals surface area contributed by atoms with E-state index in [4.69, 9.17) is 4.74 Å². The van der Waals surface area contributed by atoms with Crippen molar-refractivity contribution in [1.29, 1.82) is 0 Å². The van der Waals surface area contributed by atoms with Gasteiger partial charge >= 0.3 is 0 Å². The second-order valence-corrected chi connectivity index (χ2v) is 6.64. The van der Waals surface area contributed by atoms with E-state index >= 15 is 0 Å². The van der Waals surface area contributed by atoms with E-state index < -0.39 is 0 Å². The van der Waals surface area contributed by atoms with Crippen LogP contribution in [0.4, 0.5) is 0 Å². The third-order valence-corrected chi connectivity index (χ3v) is 4.88. The third-order valence-electron chi connectivity index (χ3n) is 4.88. The van der Waals surface area contributed by atoms with Crippen LogP contribution in [0, 0.1) is 5.92 Å². The van der Waals surface area contributed by atoms with Crippen LogP contribution in [0.5, 0.6) is 0 Å². The van der Waals surface area contributed by atoms with Crippen LogP contribution in [0.2, 0.25) is 0 Å². The Balaban J connectivity index is 1.53. The average Bonchev–Trinajstić information content (AvgIpc) is 2.51. The minimum atomic E-state index is 0.169. The number of amides is 1. The molecule has 2 rings (SSSR count). The zero-order chi connectivity index (χ0) is 14.9. The monoisotopic (exact) mass is 296 g/mol. The minimum Gasteiger partial charge on any atom is -0.378 e. The normalized spacial score (nSPS) is 27.5. The molecule has 0 aromatic carbocycles. The van der Waals surface area contributed by atoms with Crippen molar-refractivity contribution < 1.29 is 9.53 Å². The number of carbonyl (C=O) groups is 1. The number of rotatable bonds is 7. The molecule has 1 saturated carbocycles. The number of hydrogen-bond acceptors (Lipinski definition) is 3. The molecule has 0 unspecified atom stereocenters. The van der Waals surface area contributed by atoms with Gasteiger partial charge in [-0.15, -0.1) is 0 Å². The summed E-state index contributed by atoms with van der Waals surface area (Å²) in [5.41, 5.74) is 0. The SMILES string of the molecule is CCCC1CCC(NC(=O)CCOC2CCNCC2)CC1. The molecule has 1 heterocycles. The lowest BCUT2D eigenvalue weighted by Crippen LogP contribution is -2.38. The van der Waals surface area contributed by atoms with E-state index in [1.807, 2.05) is 0 Å². The van der Waals surface area contributed by atoms with Gasteiger partial charge in [0.05, 0.1) is 12.7 Å². The second-order valence-electron chi connectivity index (χ2n) is 6.64. The van der Waals surface area contributed by atoms with Gasteiger partial charge in [0.1, 0.15) is 0 Å². The fraction of sp³-hybridized carbons (Fsp3) is 0.941. The predicted molar refractivity (Wildman–Crippen MR) is 85.3 cm³/mol. The van der Waals surface area contributed by atoms with Gasteiger partial charge in [-0.1, -0.05) is 19.8 Å². The number of nitrogens with one attached hydrogen (secondary N) is 2. The van der Waals surface area contributed by atoms with Crippen LogP contribution in [0.25, 0.3) is 0 Å². The molecule has 122 valence electrons. The first-order valence-electron chi connectivity index (χ1n) is 8.89. The van der Waals surface area contributed by atoms with E-state index in [-0.39, 0.29) is 5.91 Å². The molecular formula is C17H32N2O2. The van der Waals surface area contributed by atoms with Crippen LogP contribution in [0.15, 0.2) is 0 Å². The van der Waals surface area contributed by atoms with Crippen LogP contribution in [0.3, 0.4) is 0 Å². The van der Waals surface area contributed by atoms with Crippen LogP contribution >= 0.6 is 0 Å². The lowest BCUT2D eigenvalue weighted by Gasteiger charge is -2.29. The summed E-state index contributed by atoms with van der Waals surface area (Å²) in [6.45, 7) is 4.91. The highest BCUT2D eigenvalue weighted by molar-refractivity contribution is 5.76. The first kappa shape index (κ1) is 16.8. The summed E-state index contributed by atoms with van der Waals surface area (Å²) in [5.74, 6) is 1.06. The molecule has 2 aliphatic rings. The molecule has 0 bridgehead atoms. The maximum absolute atomic E-state index is 12.0. The zero-order valence-electron chi connectivity index (χ0n) is 13.5. The molecule has 0 aromatic rings. The van der Waals surface area contributed by atoms with Gasteiger partial charge in [-0.05, 0) is 57.5 Å². The van der Waals surface area contributed by atoms with E-state index in [1.165, 1.54) is 25.7 Å². The Labute approximate surface area is 129 Å². The molecule has 1 saturated heterocycles. The molecule has 4 heteroatoms. The van der Waals surface area contributed by atoms with Crippen LogP contribution in [0.1, 0.15) is 64.7 Å². The molecule has 2 N–H and O–H groups in total. The summed E-state index contributed by atoms with van der Waals surface area (Å²) in [6.07, 6.45) is 10.5. The summed E-state index contributed by atoms with van der Waals surface area (Å²) in [5, 5.41) is 6.51. The Morgan fingerprint density at radius 3 is 2.52 bits per heavy atom. The van der Waals surface area contributed by atoms with Crippen molar-refractivity contribution in [2.24, 2.45) is 5.92 Å². The molecule has 2 fully saturated rings. The van der Waals surface area contributed by atoms with Crippen molar-refractivity contribution in [3.63, 3.8) is 0 Å². The van der Waals surface area contributed by atoms with Crippen molar-refractivity contribution in [1.82, 2.24) is 10.6 Å². The first-order valence-corrected chi connectivity index (χ1v) is 8.89. The summed E-state index contributed by atoms with van der Waals surface area (Å²) in [7, 11) is 0. The lowest BCUT2D eigenvalue weighted by molar-refractivity contribution is -0.123. The van der Waals surface area contributed by atoms with Crippen LogP contribution in [-0.4, -0.2) is 37.7 Å². The Kier molecular flexibility index (Phi) is 7.51. The Morgan fingerprint density at radius 1 is 1.14 bits per heavy atom. The first-order chi connectivity index (χ1) is 10.3. The quantitative estimate of drug-likeness (QED) is 0.759. The van der Waals surface area contributed by atoms with E-state index in [1.54, 1.807) is 0 Å². The molecule has 0 aromatic heterocycles.